The lowest BCUT2D eigenvalue weighted by molar-refractivity contribution is -0.131. The van der Waals surface area contributed by atoms with Gasteiger partial charge in [0.2, 0.25) is 11.8 Å². The van der Waals surface area contributed by atoms with Crippen molar-refractivity contribution in [3.8, 4) is 0 Å². The van der Waals surface area contributed by atoms with Gasteiger partial charge in [0.15, 0.2) is 11.5 Å². The van der Waals surface area contributed by atoms with Gasteiger partial charge in [-0.05, 0) is 19.3 Å². The van der Waals surface area contributed by atoms with Crippen LogP contribution in [-0.2, 0) is 23.9 Å². The Hall–Kier alpha value is -2.79. The van der Waals surface area contributed by atoms with Crippen molar-refractivity contribution in [2.24, 2.45) is 5.92 Å². The van der Waals surface area contributed by atoms with E-state index in [-0.39, 0.29) is 36.5 Å². The van der Waals surface area contributed by atoms with E-state index in [4.69, 9.17) is 14.0 Å². The van der Waals surface area contributed by atoms with Crippen molar-refractivity contribution in [3.05, 3.63) is 17.5 Å². The second-order valence-electron chi connectivity index (χ2n) is 9.10. The number of nitrogens with one attached hydrogen (secondary N) is 3. The third kappa shape index (κ3) is 7.64. The molecule has 0 spiro atoms. The van der Waals surface area contributed by atoms with E-state index >= 15 is 0 Å². The number of rotatable bonds is 13. The number of ketones is 1. The molecule has 3 N–H and O–H groups in total. The number of methoxy groups -OCH3 is 1. The van der Waals surface area contributed by atoms with Crippen LogP contribution in [0.3, 0.4) is 0 Å². The first-order chi connectivity index (χ1) is 15.5. The Balaban J connectivity index is 1.92. The Labute approximate surface area is 193 Å². The van der Waals surface area contributed by atoms with Crippen LogP contribution >= 0.6 is 0 Å². The van der Waals surface area contributed by atoms with Gasteiger partial charge in [-0.3, -0.25) is 19.2 Å². The molecule has 2 rings (SSSR count). The number of hydrogen-bond acceptors (Lipinski definition) is 8. The fourth-order valence-electron chi connectivity index (χ4n) is 3.11. The van der Waals surface area contributed by atoms with Gasteiger partial charge < -0.3 is 29.9 Å². The first-order valence-electron chi connectivity index (χ1n) is 11.0. The molecule has 0 unspecified atom stereocenters. The van der Waals surface area contributed by atoms with Crippen LogP contribution in [0.4, 0.5) is 0 Å². The second-order valence-corrected chi connectivity index (χ2v) is 9.10. The number of aromatic nitrogens is 1. The number of hydrogen-bond donors (Lipinski definition) is 3. The largest absolute Gasteiger partial charge is 0.382 e. The maximum Gasteiger partial charge on any atom is 0.274 e. The number of epoxide rings is 1. The van der Waals surface area contributed by atoms with Gasteiger partial charge in [-0.2, -0.15) is 0 Å². The van der Waals surface area contributed by atoms with Gasteiger partial charge in [-0.15, -0.1) is 0 Å². The normalized spacial score (nSPS) is 19.2. The van der Waals surface area contributed by atoms with Crippen LogP contribution in [0.25, 0.3) is 0 Å². The minimum Gasteiger partial charge on any atom is -0.382 e. The summed E-state index contributed by atoms with van der Waals surface area (Å²) >= 11 is 0. The molecular weight excluding hydrogens is 432 g/mol. The van der Waals surface area contributed by atoms with Gasteiger partial charge in [-0.25, -0.2) is 0 Å². The van der Waals surface area contributed by atoms with Crippen LogP contribution in [0.15, 0.2) is 10.6 Å². The molecule has 1 aromatic rings. The van der Waals surface area contributed by atoms with Crippen LogP contribution in [0.2, 0.25) is 0 Å². The van der Waals surface area contributed by atoms with Crippen molar-refractivity contribution in [1.82, 2.24) is 21.1 Å². The molecule has 1 aliphatic rings. The molecule has 3 atom stereocenters. The van der Waals surface area contributed by atoms with E-state index in [0.29, 0.717) is 18.8 Å². The first kappa shape index (κ1) is 26.5. The molecule has 1 fully saturated rings. The lowest BCUT2D eigenvalue weighted by atomic mass is 9.93. The molecule has 0 radical (unpaired) electrons. The zero-order valence-corrected chi connectivity index (χ0v) is 20.0. The summed E-state index contributed by atoms with van der Waals surface area (Å²) in [6.07, 6.45) is 0.454. The Morgan fingerprint density at radius 2 is 1.82 bits per heavy atom. The molecule has 0 bridgehead atoms. The summed E-state index contributed by atoms with van der Waals surface area (Å²) in [5, 5.41) is 11.4. The highest BCUT2D eigenvalue weighted by atomic mass is 16.6. The Morgan fingerprint density at radius 1 is 1.15 bits per heavy atom. The van der Waals surface area contributed by atoms with Crippen LogP contribution < -0.4 is 16.0 Å². The first-order valence-corrected chi connectivity index (χ1v) is 11.0. The highest BCUT2D eigenvalue weighted by molar-refractivity contribution is 5.98. The summed E-state index contributed by atoms with van der Waals surface area (Å²) in [5.41, 5.74) is -0.823. The molecule has 3 amide bonds. The minimum absolute atomic E-state index is 0.0381. The quantitative estimate of drug-likeness (QED) is 0.356. The van der Waals surface area contributed by atoms with E-state index in [1.165, 1.54) is 13.2 Å². The van der Waals surface area contributed by atoms with E-state index in [1.54, 1.807) is 6.92 Å². The fraction of sp³-hybridized carbons (Fsp3) is 0.682. The van der Waals surface area contributed by atoms with Gasteiger partial charge in [-0.1, -0.05) is 32.9 Å². The number of carbonyl (C=O) groups is 4. The molecular formula is C22H34N4O7. The van der Waals surface area contributed by atoms with Crippen LogP contribution in [0, 0.1) is 5.92 Å². The van der Waals surface area contributed by atoms with Crippen LogP contribution in [0.1, 0.15) is 63.2 Å². The van der Waals surface area contributed by atoms with Crippen molar-refractivity contribution >= 4 is 23.5 Å². The molecule has 0 aliphatic carbocycles. The highest BCUT2D eigenvalue weighted by Crippen LogP contribution is 2.29. The fourth-order valence-corrected chi connectivity index (χ4v) is 3.11. The number of Topliss-reactive ketones (excluding diaryl/α,β-unsaturated/α-hetero) is 1. The summed E-state index contributed by atoms with van der Waals surface area (Å²) in [6.45, 7) is 9.22. The summed E-state index contributed by atoms with van der Waals surface area (Å²) in [6, 6.07) is -0.259. The molecule has 1 aromatic heterocycles. The predicted octanol–water partition coefficient (Wildman–Crippen LogP) is 0.548. The number of ether oxygens (including phenoxy) is 2. The smallest absolute Gasteiger partial charge is 0.274 e. The summed E-state index contributed by atoms with van der Waals surface area (Å²) in [5.74, 6) is -1.16. The van der Waals surface area contributed by atoms with Crippen LogP contribution in [-0.4, -0.2) is 73.2 Å². The third-order valence-electron chi connectivity index (χ3n) is 5.17. The van der Waals surface area contributed by atoms with Gasteiger partial charge in [0, 0.05) is 19.1 Å². The van der Waals surface area contributed by atoms with Crippen molar-refractivity contribution in [3.63, 3.8) is 0 Å². The standard InChI is InChI=1S/C22H34N4O7/c1-12(2)7-14(19(28)22(5)11-32-22)24-18(27)9-23-20(29)16(10-31-6)25-21(30)15-8-17(13(3)4)33-26-15/h8,12-14,16H,7,9-11H2,1-6H3,(H,23,29)(H,24,27)(H,25,30)/t14-,16-,22+/m0/s1. The molecule has 33 heavy (non-hydrogen) atoms. The zero-order chi connectivity index (χ0) is 24.8. The van der Waals surface area contributed by atoms with Crippen molar-refractivity contribution < 1.29 is 33.2 Å². The maximum absolute atomic E-state index is 12.6. The summed E-state index contributed by atoms with van der Waals surface area (Å²) in [7, 11) is 1.38. The van der Waals surface area contributed by atoms with Gasteiger partial charge in [0.05, 0.1) is 25.8 Å². The van der Waals surface area contributed by atoms with Gasteiger partial charge in [0.1, 0.15) is 17.4 Å². The average Bonchev–Trinajstić information content (AvgIpc) is 3.29. The number of amides is 3. The monoisotopic (exact) mass is 466 g/mol. The maximum atomic E-state index is 12.6. The highest BCUT2D eigenvalue weighted by Gasteiger charge is 2.50. The van der Waals surface area contributed by atoms with E-state index < -0.39 is 35.4 Å². The number of nitrogens with zero attached hydrogens (tertiary/aromatic N) is 1. The molecule has 1 saturated heterocycles. The van der Waals surface area contributed by atoms with E-state index in [2.05, 4.69) is 21.1 Å². The van der Waals surface area contributed by atoms with Crippen LogP contribution in [0.5, 0.6) is 0 Å². The SMILES string of the molecule is COC[C@H](NC(=O)c1cc(C(C)C)on1)C(=O)NCC(=O)N[C@@H](CC(C)C)C(=O)[C@@]1(C)CO1. The molecule has 2 heterocycles. The van der Waals surface area contributed by atoms with Crippen molar-refractivity contribution in [1.29, 1.82) is 0 Å². The van der Waals surface area contributed by atoms with Crippen molar-refractivity contribution in [2.75, 3.05) is 26.9 Å². The average molecular weight is 467 g/mol. The molecule has 184 valence electrons. The van der Waals surface area contributed by atoms with E-state index in [9.17, 15) is 19.2 Å². The minimum atomic E-state index is -1.05. The van der Waals surface area contributed by atoms with E-state index in [1.807, 2.05) is 27.7 Å². The lowest BCUT2D eigenvalue weighted by Gasteiger charge is -2.22. The number of carbonyl (C=O) groups excluding carboxylic acids is 4. The molecule has 11 nitrogen and oxygen atoms in total. The Bertz CT molecular complexity index is 861. The Kier molecular flexibility index (Phi) is 9.12. The predicted molar refractivity (Wildman–Crippen MR) is 117 cm³/mol. The Morgan fingerprint density at radius 3 is 2.33 bits per heavy atom. The molecule has 0 saturated carbocycles. The third-order valence-corrected chi connectivity index (χ3v) is 5.17. The zero-order valence-electron chi connectivity index (χ0n) is 20.0. The molecule has 1 aliphatic heterocycles. The summed E-state index contributed by atoms with van der Waals surface area (Å²) < 4.78 is 15.3. The molecule has 11 heteroatoms. The van der Waals surface area contributed by atoms with Crippen molar-refractivity contribution in [2.45, 2.75) is 64.6 Å². The van der Waals surface area contributed by atoms with E-state index in [0.717, 1.165) is 0 Å². The lowest BCUT2D eigenvalue weighted by Crippen LogP contribution is -2.53. The second kappa shape index (κ2) is 11.4. The topological polar surface area (TPSA) is 152 Å². The summed E-state index contributed by atoms with van der Waals surface area (Å²) in [4.78, 5) is 50.0. The molecule has 0 aromatic carbocycles. The van der Waals surface area contributed by atoms with Gasteiger partial charge in [0.25, 0.3) is 5.91 Å². The van der Waals surface area contributed by atoms with Gasteiger partial charge >= 0.3 is 0 Å².